The van der Waals surface area contributed by atoms with Crippen LogP contribution in [0.2, 0.25) is 0 Å². The van der Waals surface area contributed by atoms with E-state index in [2.05, 4.69) is 9.82 Å². The fourth-order valence-corrected chi connectivity index (χ4v) is 1.56. The summed E-state index contributed by atoms with van der Waals surface area (Å²) in [7, 11) is 1.65. The average molecular weight is 192 g/mol. The Morgan fingerprint density at radius 3 is 3.00 bits per heavy atom. The van der Waals surface area contributed by atoms with Gasteiger partial charge in [-0.1, -0.05) is 12.1 Å². The van der Waals surface area contributed by atoms with Gasteiger partial charge in [-0.15, -0.1) is 0 Å². The molecule has 0 aliphatic heterocycles. The molecule has 3 N–H and O–H groups in total. The second-order valence-electron chi connectivity index (χ2n) is 3.01. The molecular formula is C10H12N2O2. The quantitative estimate of drug-likeness (QED) is 0.725. The lowest BCUT2D eigenvalue weighted by Gasteiger charge is -2.01. The molecule has 0 spiro atoms. The van der Waals surface area contributed by atoms with Gasteiger partial charge in [-0.05, 0) is 6.07 Å². The molecule has 1 aromatic heterocycles. The summed E-state index contributed by atoms with van der Waals surface area (Å²) in [6.45, 7) is 0.396. The topological polar surface area (TPSA) is 60.3 Å². The highest BCUT2D eigenvalue weighted by Gasteiger charge is 2.06. The van der Waals surface area contributed by atoms with Crippen LogP contribution in [-0.2, 0) is 11.4 Å². The van der Waals surface area contributed by atoms with E-state index >= 15 is 0 Å². The molecule has 0 bridgehead atoms. The molecule has 0 aliphatic carbocycles. The van der Waals surface area contributed by atoms with E-state index in [1.165, 1.54) is 0 Å². The maximum Gasteiger partial charge on any atom is 0.142 e. The molecule has 4 nitrogen and oxygen atoms in total. The van der Waals surface area contributed by atoms with E-state index < -0.39 is 0 Å². The number of aromatic amines is 1. The van der Waals surface area contributed by atoms with Gasteiger partial charge >= 0.3 is 0 Å². The Morgan fingerprint density at radius 2 is 2.29 bits per heavy atom. The summed E-state index contributed by atoms with van der Waals surface area (Å²) in [6.07, 6.45) is 1.88. The molecule has 0 fully saturated rings. The predicted molar refractivity (Wildman–Crippen MR) is 53.8 cm³/mol. The zero-order valence-corrected chi connectivity index (χ0v) is 7.91. The summed E-state index contributed by atoms with van der Waals surface area (Å²) in [5.74, 6) is 5.86. The van der Waals surface area contributed by atoms with E-state index in [0.717, 1.165) is 22.2 Å². The van der Waals surface area contributed by atoms with Crippen LogP contribution in [0.15, 0.2) is 24.4 Å². The number of aromatic nitrogens is 1. The molecule has 0 amide bonds. The molecule has 2 aromatic rings. The van der Waals surface area contributed by atoms with Gasteiger partial charge in [0.05, 0.1) is 19.2 Å². The van der Waals surface area contributed by atoms with E-state index in [0.29, 0.717) is 6.61 Å². The third kappa shape index (κ3) is 1.34. The Bertz CT molecular complexity index is 437. The van der Waals surface area contributed by atoms with E-state index in [9.17, 15) is 0 Å². The van der Waals surface area contributed by atoms with Gasteiger partial charge in [0.25, 0.3) is 0 Å². The predicted octanol–water partition coefficient (Wildman–Crippen LogP) is 1.57. The summed E-state index contributed by atoms with van der Waals surface area (Å²) >= 11 is 0. The Hall–Kier alpha value is -1.52. The lowest BCUT2D eigenvalue weighted by atomic mass is 10.2. The van der Waals surface area contributed by atoms with Crippen LogP contribution in [0.1, 0.15) is 5.56 Å². The monoisotopic (exact) mass is 192 g/mol. The second kappa shape index (κ2) is 3.69. The summed E-state index contributed by atoms with van der Waals surface area (Å²) in [6, 6.07) is 5.85. The van der Waals surface area contributed by atoms with Gasteiger partial charge in [-0.2, -0.15) is 0 Å². The summed E-state index contributed by atoms with van der Waals surface area (Å²) in [4.78, 5) is 7.74. The second-order valence-corrected chi connectivity index (χ2v) is 3.01. The van der Waals surface area contributed by atoms with Crippen LogP contribution in [-0.4, -0.2) is 12.1 Å². The van der Waals surface area contributed by atoms with Gasteiger partial charge in [-0.25, -0.2) is 5.90 Å². The van der Waals surface area contributed by atoms with Crippen LogP contribution >= 0.6 is 0 Å². The highest BCUT2D eigenvalue weighted by Crippen LogP contribution is 2.26. The fourth-order valence-electron chi connectivity index (χ4n) is 1.56. The zero-order valence-electron chi connectivity index (χ0n) is 7.91. The number of para-hydroxylation sites is 1. The maximum atomic E-state index is 5.22. The molecule has 1 aromatic carbocycles. The van der Waals surface area contributed by atoms with Crippen molar-refractivity contribution < 1.29 is 9.57 Å². The Labute approximate surface area is 81.6 Å². The lowest BCUT2D eigenvalue weighted by Crippen LogP contribution is -1.97. The summed E-state index contributed by atoms with van der Waals surface area (Å²) in [5.41, 5.74) is 2.00. The van der Waals surface area contributed by atoms with Gasteiger partial charge in [0, 0.05) is 17.1 Å². The maximum absolute atomic E-state index is 5.22. The largest absolute Gasteiger partial charge is 0.495 e. The van der Waals surface area contributed by atoms with Gasteiger partial charge in [-0.3, -0.25) is 4.84 Å². The number of ether oxygens (including phenoxy) is 1. The third-order valence-corrected chi connectivity index (χ3v) is 2.22. The van der Waals surface area contributed by atoms with Crippen LogP contribution < -0.4 is 10.6 Å². The number of rotatable bonds is 3. The first kappa shape index (κ1) is 9.05. The highest BCUT2D eigenvalue weighted by atomic mass is 16.6. The third-order valence-electron chi connectivity index (χ3n) is 2.22. The number of methoxy groups -OCH3 is 1. The van der Waals surface area contributed by atoms with Crippen molar-refractivity contribution in [1.82, 2.24) is 4.98 Å². The van der Waals surface area contributed by atoms with Crippen LogP contribution in [0.5, 0.6) is 5.75 Å². The number of benzene rings is 1. The zero-order chi connectivity index (χ0) is 9.97. The van der Waals surface area contributed by atoms with Crippen molar-refractivity contribution in [3.05, 3.63) is 30.0 Å². The average Bonchev–Trinajstić information content (AvgIpc) is 2.62. The molecule has 74 valence electrons. The van der Waals surface area contributed by atoms with Gasteiger partial charge < -0.3 is 9.72 Å². The minimum absolute atomic E-state index is 0.396. The minimum atomic E-state index is 0.396. The Kier molecular flexibility index (Phi) is 2.39. The van der Waals surface area contributed by atoms with E-state index in [1.54, 1.807) is 7.11 Å². The van der Waals surface area contributed by atoms with Crippen molar-refractivity contribution in [2.45, 2.75) is 6.61 Å². The molecule has 0 saturated carbocycles. The number of fused-ring (bicyclic) bond motifs is 1. The smallest absolute Gasteiger partial charge is 0.142 e. The number of nitrogens with one attached hydrogen (secondary N) is 1. The number of hydrogen-bond acceptors (Lipinski definition) is 3. The lowest BCUT2D eigenvalue weighted by molar-refractivity contribution is 0.125. The molecule has 0 saturated heterocycles. The van der Waals surface area contributed by atoms with Gasteiger partial charge in [0.15, 0.2) is 0 Å². The van der Waals surface area contributed by atoms with Gasteiger partial charge in [0.2, 0.25) is 0 Å². The molecular weight excluding hydrogens is 180 g/mol. The van der Waals surface area contributed by atoms with E-state index in [4.69, 9.17) is 10.6 Å². The fraction of sp³-hybridized carbons (Fsp3) is 0.200. The van der Waals surface area contributed by atoms with Crippen molar-refractivity contribution in [1.29, 1.82) is 0 Å². The molecule has 1 heterocycles. The SMILES string of the molecule is COc1cccc2c(CON)c[nH]c12. The minimum Gasteiger partial charge on any atom is -0.495 e. The molecule has 4 heteroatoms. The van der Waals surface area contributed by atoms with Crippen LogP contribution in [0.3, 0.4) is 0 Å². The molecule has 2 rings (SSSR count). The first-order valence-electron chi connectivity index (χ1n) is 4.31. The number of nitrogens with two attached hydrogens (primary N) is 1. The molecule has 0 unspecified atom stereocenters. The van der Waals surface area contributed by atoms with E-state index in [-0.39, 0.29) is 0 Å². The van der Waals surface area contributed by atoms with Crippen molar-refractivity contribution in [2.24, 2.45) is 5.90 Å². The normalized spacial score (nSPS) is 10.7. The van der Waals surface area contributed by atoms with Crippen molar-refractivity contribution >= 4 is 10.9 Å². The van der Waals surface area contributed by atoms with Crippen LogP contribution in [0.25, 0.3) is 10.9 Å². The number of hydrogen-bond donors (Lipinski definition) is 2. The van der Waals surface area contributed by atoms with Crippen molar-refractivity contribution in [2.75, 3.05) is 7.11 Å². The highest BCUT2D eigenvalue weighted by molar-refractivity contribution is 5.88. The summed E-state index contributed by atoms with van der Waals surface area (Å²) < 4.78 is 5.22. The number of H-pyrrole nitrogens is 1. The summed E-state index contributed by atoms with van der Waals surface area (Å²) in [5, 5.41) is 1.08. The first-order valence-corrected chi connectivity index (χ1v) is 4.31. The molecule has 0 aliphatic rings. The Morgan fingerprint density at radius 1 is 1.43 bits per heavy atom. The molecule has 0 atom stereocenters. The molecule has 14 heavy (non-hydrogen) atoms. The molecule has 0 radical (unpaired) electrons. The Balaban J connectivity index is 2.57. The van der Waals surface area contributed by atoms with Crippen molar-refractivity contribution in [3.63, 3.8) is 0 Å². The van der Waals surface area contributed by atoms with Crippen LogP contribution in [0, 0.1) is 0 Å². The standard InChI is InChI=1S/C10H12N2O2/c1-13-9-4-2-3-8-7(6-14-11)5-12-10(8)9/h2-5,12H,6,11H2,1H3. The van der Waals surface area contributed by atoms with Gasteiger partial charge in [0.1, 0.15) is 5.75 Å². The van der Waals surface area contributed by atoms with Crippen molar-refractivity contribution in [3.8, 4) is 5.75 Å². The first-order chi connectivity index (χ1) is 6.86. The van der Waals surface area contributed by atoms with E-state index in [1.807, 2.05) is 24.4 Å². The van der Waals surface area contributed by atoms with Crippen LogP contribution in [0.4, 0.5) is 0 Å².